The first-order valence-electron chi connectivity index (χ1n) is 8.95. The highest BCUT2D eigenvalue weighted by molar-refractivity contribution is 5.17. The van der Waals surface area contributed by atoms with Gasteiger partial charge in [-0.05, 0) is 18.4 Å². The van der Waals surface area contributed by atoms with Crippen molar-refractivity contribution < 1.29 is 9.47 Å². The molecule has 0 spiro atoms. The molecule has 1 aromatic carbocycles. The quantitative estimate of drug-likeness (QED) is 0.397. The van der Waals surface area contributed by atoms with Gasteiger partial charge in [0, 0.05) is 20.8 Å². The lowest BCUT2D eigenvalue weighted by Gasteiger charge is -2.15. The molecule has 0 bridgehead atoms. The Kier molecular flexibility index (Phi) is 12.0. The number of hydrogen-bond acceptors (Lipinski definition) is 2. The number of unbranched alkanes of at least 4 members (excludes halogenated alkanes) is 8. The maximum Gasteiger partial charge on any atom is 0.0821 e. The van der Waals surface area contributed by atoms with Gasteiger partial charge in [0.15, 0.2) is 0 Å². The summed E-state index contributed by atoms with van der Waals surface area (Å²) in [4.78, 5) is 0. The fourth-order valence-electron chi connectivity index (χ4n) is 2.90. The van der Waals surface area contributed by atoms with Crippen LogP contribution < -0.4 is 0 Å². The zero-order chi connectivity index (χ0) is 15.9. The monoisotopic (exact) mass is 306 g/mol. The van der Waals surface area contributed by atoms with Gasteiger partial charge in [-0.1, -0.05) is 81.7 Å². The summed E-state index contributed by atoms with van der Waals surface area (Å²) in [7, 11) is 3.60. The van der Waals surface area contributed by atoms with E-state index in [1.54, 1.807) is 7.11 Å². The van der Waals surface area contributed by atoms with Crippen LogP contribution in [0.2, 0.25) is 0 Å². The van der Waals surface area contributed by atoms with Crippen LogP contribution in [0.3, 0.4) is 0 Å². The molecule has 0 aliphatic carbocycles. The van der Waals surface area contributed by atoms with Crippen molar-refractivity contribution in [2.75, 3.05) is 20.8 Å². The molecule has 0 aliphatic heterocycles. The molecule has 0 saturated heterocycles. The van der Waals surface area contributed by atoms with Crippen LogP contribution in [0.1, 0.15) is 75.9 Å². The predicted molar refractivity (Wildman–Crippen MR) is 94.2 cm³/mol. The fourth-order valence-corrected chi connectivity index (χ4v) is 2.90. The highest BCUT2D eigenvalue weighted by Crippen LogP contribution is 2.23. The second-order valence-electron chi connectivity index (χ2n) is 6.10. The molecule has 1 rings (SSSR count). The van der Waals surface area contributed by atoms with E-state index >= 15 is 0 Å². The summed E-state index contributed by atoms with van der Waals surface area (Å²) in [6.45, 7) is 0.919. The summed E-state index contributed by atoms with van der Waals surface area (Å²) in [5.41, 5.74) is 1.31. The summed E-state index contributed by atoms with van der Waals surface area (Å²) in [5, 5.41) is 0. The second-order valence-corrected chi connectivity index (χ2v) is 6.10. The van der Waals surface area contributed by atoms with Crippen molar-refractivity contribution in [2.45, 2.75) is 70.3 Å². The summed E-state index contributed by atoms with van der Waals surface area (Å²) >= 11 is 0. The van der Waals surface area contributed by atoms with Gasteiger partial charge in [-0.25, -0.2) is 0 Å². The minimum atomic E-state index is 0.266. The van der Waals surface area contributed by atoms with Gasteiger partial charge in [-0.2, -0.15) is 0 Å². The van der Waals surface area contributed by atoms with E-state index in [0.717, 1.165) is 13.0 Å². The van der Waals surface area contributed by atoms with Crippen molar-refractivity contribution in [1.82, 2.24) is 0 Å². The second kappa shape index (κ2) is 13.8. The molecule has 0 N–H and O–H groups in total. The Morgan fingerprint density at radius 1 is 0.727 bits per heavy atom. The van der Waals surface area contributed by atoms with Crippen LogP contribution in [0.4, 0.5) is 0 Å². The third-order valence-corrected chi connectivity index (χ3v) is 4.27. The molecule has 0 radical (unpaired) electrons. The van der Waals surface area contributed by atoms with E-state index in [-0.39, 0.29) is 6.10 Å². The Bertz CT molecular complexity index is 337. The number of hydrogen-bond donors (Lipinski definition) is 0. The predicted octanol–water partition coefficient (Wildman–Crippen LogP) is 5.92. The minimum absolute atomic E-state index is 0.266. The molecule has 0 saturated carbocycles. The van der Waals surface area contributed by atoms with Gasteiger partial charge in [0.25, 0.3) is 0 Å². The zero-order valence-electron chi connectivity index (χ0n) is 14.6. The Balaban J connectivity index is 1.94. The maximum atomic E-state index is 5.62. The van der Waals surface area contributed by atoms with Gasteiger partial charge in [0.05, 0.1) is 6.10 Å². The summed E-state index contributed by atoms with van der Waals surface area (Å²) in [6.07, 6.45) is 13.4. The highest BCUT2D eigenvalue weighted by Gasteiger charge is 2.08. The van der Waals surface area contributed by atoms with Crippen molar-refractivity contribution in [2.24, 2.45) is 0 Å². The molecule has 0 fully saturated rings. The average molecular weight is 306 g/mol. The van der Waals surface area contributed by atoms with Gasteiger partial charge >= 0.3 is 0 Å². The van der Waals surface area contributed by atoms with Gasteiger partial charge in [0.2, 0.25) is 0 Å². The van der Waals surface area contributed by atoms with Crippen LogP contribution in [-0.4, -0.2) is 20.8 Å². The number of benzene rings is 1. The lowest BCUT2D eigenvalue weighted by Crippen LogP contribution is -2.01. The van der Waals surface area contributed by atoms with E-state index in [9.17, 15) is 0 Å². The van der Waals surface area contributed by atoms with Crippen molar-refractivity contribution in [1.29, 1.82) is 0 Å². The van der Waals surface area contributed by atoms with Gasteiger partial charge in [-0.3, -0.25) is 0 Å². The lowest BCUT2D eigenvalue weighted by atomic mass is 10.0. The van der Waals surface area contributed by atoms with Crippen molar-refractivity contribution in [3.05, 3.63) is 35.9 Å². The Morgan fingerprint density at radius 2 is 1.27 bits per heavy atom. The minimum Gasteiger partial charge on any atom is -0.385 e. The van der Waals surface area contributed by atoms with E-state index in [2.05, 4.69) is 30.3 Å². The molecule has 2 nitrogen and oxygen atoms in total. The molecule has 126 valence electrons. The van der Waals surface area contributed by atoms with Crippen LogP contribution in [0.25, 0.3) is 0 Å². The standard InChI is InChI=1S/C20H34O2/c1-21-18-14-9-7-5-3-4-6-8-13-17-20(22-2)19-15-11-10-12-16-19/h10-12,15-16,20H,3-9,13-14,17-18H2,1-2H3. The lowest BCUT2D eigenvalue weighted by molar-refractivity contribution is 0.0931. The molecule has 1 atom stereocenters. The summed E-state index contributed by atoms with van der Waals surface area (Å²) in [5.74, 6) is 0. The fraction of sp³-hybridized carbons (Fsp3) is 0.700. The van der Waals surface area contributed by atoms with Crippen molar-refractivity contribution >= 4 is 0 Å². The molecule has 2 heteroatoms. The molecular formula is C20H34O2. The topological polar surface area (TPSA) is 18.5 Å². The van der Waals surface area contributed by atoms with E-state index < -0.39 is 0 Å². The largest absolute Gasteiger partial charge is 0.385 e. The molecule has 0 heterocycles. The number of rotatable bonds is 14. The molecular weight excluding hydrogens is 272 g/mol. The van der Waals surface area contributed by atoms with Crippen LogP contribution in [0, 0.1) is 0 Å². The summed E-state index contributed by atoms with van der Waals surface area (Å²) in [6, 6.07) is 10.6. The Hall–Kier alpha value is -0.860. The van der Waals surface area contributed by atoms with Crippen LogP contribution in [0.5, 0.6) is 0 Å². The first-order chi connectivity index (χ1) is 10.9. The summed E-state index contributed by atoms with van der Waals surface area (Å²) < 4.78 is 10.7. The van der Waals surface area contributed by atoms with Crippen LogP contribution >= 0.6 is 0 Å². The molecule has 0 amide bonds. The van der Waals surface area contributed by atoms with E-state index in [1.165, 1.54) is 63.4 Å². The molecule has 1 aromatic rings. The van der Waals surface area contributed by atoms with Crippen LogP contribution in [-0.2, 0) is 9.47 Å². The van der Waals surface area contributed by atoms with Gasteiger partial charge in [-0.15, -0.1) is 0 Å². The normalized spacial score (nSPS) is 12.5. The first kappa shape index (κ1) is 19.2. The third-order valence-electron chi connectivity index (χ3n) is 4.27. The maximum absolute atomic E-state index is 5.62. The van der Waals surface area contributed by atoms with Crippen molar-refractivity contribution in [3.63, 3.8) is 0 Å². The number of ether oxygens (including phenoxy) is 2. The SMILES string of the molecule is COCCCCCCCCCCCC(OC)c1ccccc1. The van der Waals surface area contributed by atoms with E-state index in [4.69, 9.17) is 9.47 Å². The molecule has 1 unspecified atom stereocenters. The highest BCUT2D eigenvalue weighted by atomic mass is 16.5. The molecule has 0 aliphatic rings. The third kappa shape index (κ3) is 9.22. The van der Waals surface area contributed by atoms with E-state index in [0.29, 0.717) is 0 Å². The first-order valence-corrected chi connectivity index (χ1v) is 8.95. The Morgan fingerprint density at radius 3 is 1.82 bits per heavy atom. The average Bonchev–Trinajstić information content (AvgIpc) is 2.57. The zero-order valence-corrected chi connectivity index (χ0v) is 14.6. The smallest absolute Gasteiger partial charge is 0.0821 e. The van der Waals surface area contributed by atoms with Crippen LogP contribution in [0.15, 0.2) is 30.3 Å². The van der Waals surface area contributed by atoms with Gasteiger partial charge in [0.1, 0.15) is 0 Å². The molecule has 0 aromatic heterocycles. The molecule has 22 heavy (non-hydrogen) atoms. The van der Waals surface area contributed by atoms with Gasteiger partial charge < -0.3 is 9.47 Å². The van der Waals surface area contributed by atoms with Crippen molar-refractivity contribution in [3.8, 4) is 0 Å². The number of methoxy groups -OCH3 is 2. The van der Waals surface area contributed by atoms with E-state index in [1.807, 2.05) is 7.11 Å². The Labute approximate surface area is 137 Å².